The van der Waals surface area contributed by atoms with Crippen molar-refractivity contribution in [2.75, 3.05) is 0 Å². The predicted octanol–water partition coefficient (Wildman–Crippen LogP) is 2.00. The van der Waals surface area contributed by atoms with Crippen molar-refractivity contribution in [2.45, 2.75) is 20.4 Å². The predicted molar refractivity (Wildman–Crippen MR) is 63.7 cm³/mol. The smallest absolute Gasteiger partial charge is 0.157 e. The van der Waals surface area contributed by atoms with E-state index in [1.54, 1.807) is 12.5 Å². The Balaban J connectivity index is 2.60. The molecular weight excluding hydrogens is 224 g/mol. The number of nitrogens with zero attached hydrogens (tertiary/aromatic N) is 3. The summed E-state index contributed by atoms with van der Waals surface area (Å²) in [5.74, 6) is 0.683. The van der Waals surface area contributed by atoms with E-state index in [0.717, 1.165) is 17.0 Å². The molecule has 0 spiro atoms. The maximum atomic E-state index is 6.23. The lowest BCUT2D eigenvalue weighted by atomic mass is 10.2. The van der Waals surface area contributed by atoms with Crippen LogP contribution in [0.4, 0.5) is 0 Å². The Kier molecular flexibility index (Phi) is 2.94. The molecule has 0 saturated carbocycles. The molecule has 0 bridgehead atoms. The third kappa shape index (κ3) is 1.70. The van der Waals surface area contributed by atoms with Crippen molar-refractivity contribution in [3.8, 4) is 5.82 Å². The number of halogens is 1. The van der Waals surface area contributed by atoms with Gasteiger partial charge in [-0.2, -0.15) is 0 Å². The molecule has 0 radical (unpaired) electrons. The molecule has 0 saturated heterocycles. The summed E-state index contributed by atoms with van der Waals surface area (Å²) in [4.78, 5) is 8.49. The molecule has 0 aliphatic carbocycles. The number of nitrogens with two attached hydrogens (primary N) is 1. The van der Waals surface area contributed by atoms with Crippen LogP contribution in [0.25, 0.3) is 5.82 Å². The molecule has 5 heteroatoms. The van der Waals surface area contributed by atoms with Gasteiger partial charge >= 0.3 is 0 Å². The van der Waals surface area contributed by atoms with Gasteiger partial charge < -0.3 is 5.73 Å². The summed E-state index contributed by atoms with van der Waals surface area (Å²) in [7, 11) is 0. The first-order valence-electron chi connectivity index (χ1n) is 4.99. The van der Waals surface area contributed by atoms with E-state index in [1.807, 2.05) is 24.5 Å². The molecule has 2 N–H and O–H groups in total. The van der Waals surface area contributed by atoms with Gasteiger partial charge in [0.2, 0.25) is 0 Å². The standard InChI is InChI=1S/C11H13ClN4/c1-7-8(2)16(6-15-7)11-10(12)9(5-13)3-4-14-11/h3-4,6H,5,13H2,1-2H3. The van der Waals surface area contributed by atoms with Crippen molar-refractivity contribution >= 4 is 11.6 Å². The molecule has 2 aromatic rings. The van der Waals surface area contributed by atoms with E-state index in [-0.39, 0.29) is 0 Å². The molecule has 0 amide bonds. The molecule has 0 atom stereocenters. The second-order valence-electron chi connectivity index (χ2n) is 3.60. The zero-order valence-corrected chi connectivity index (χ0v) is 9.99. The first kappa shape index (κ1) is 11.1. The normalized spacial score (nSPS) is 10.8. The van der Waals surface area contributed by atoms with Crippen LogP contribution in [0.5, 0.6) is 0 Å². The molecule has 0 aliphatic rings. The van der Waals surface area contributed by atoms with Crippen LogP contribution in [0.3, 0.4) is 0 Å². The maximum Gasteiger partial charge on any atom is 0.157 e. The van der Waals surface area contributed by atoms with Gasteiger partial charge in [-0.1, -0.05) is 11.6 Å². The average molecular weight is 237 g/mol. The summed E-state index contributed by atoms with van der Waals surface area (Å²) in [6.07, 6.45) is 3.43. The Bertz CT molecular complexity index is 519. The van der Waals surface area contributed by atoms with Gasteiger partial charge in [0.1, 0.15) is 6.33 Å². The van der Waals surface area contributed by atoms with Crippen molar-refractivity contribution in [3.05, 3.63) is 40.6 Å². The second-order valence-corrected chi connectivity index (χ2v) is 3.98. The molecular formula is C11H13ClN4. The minimum Gasteiger partial charge on any atom is -0.326 e. The Labute approximate surface area is 99.1 Å². The molecule has 2 rings (SSSR count). The van der Waals surface area contributed by atoms with E-state index in [9.17, 15) is 0 Å². The first-order chi connectivity index (χ1) is 7.65. The molecule has 0 unspecified atom stereocenters. The summed E-state index contributed by atoms with van der Waals surface area (Å²) < 4.78 is 1.87. The number of aryl methyl sites for hydroxylation is 1. The van der Waals surface area contributed by atoms with E-state index < -0.39 is 0 Å². The van der Waals surface area contributed by atoms with Gasteiger partial charge in [0.25, 0.3) is 0 Å². The van der Waals surface area contributed by atoms with Crippen LogP contribution >= 0.6 is 11.6 Å². The van der Waals surface area contributed by atoms with Crippen molar-refractivity contribution < 1.29 is 0 Å². The lowest BCUT2D eigenvalue weighted by molar-refractivity contribution is 0.936. The fraction of sp³-hybridized carbons (Fsp3) is 0.273. The number of hydrogen-bond acceptors (Lipinski definition) is 3. The molecule has 2 aromatic heterocycles. The third-order valence-corrected chi connectivity index (χ3v) is 3.06. The van der Waals surface area contributed by atoms with E-state index in [2.05, 4.69) is 9.97 Å². The quantitative estimate of drug-likeness (QED) is 0.868. The van der Waals surface area contributed by atoms with Crippen LogP contribution < -0.4 is 5.73 Å². The molecule has 2 heterocycles. The Morgan fingerprint density at radius 2 is 2.12 bits per heavy atom. The number of rotatable bonds is 2. The summed E-state index contributed by atoms with van der Waals surface area (Å²) in [6.45, 7) is 4.34. The van der Waals surface area contributed by atoms with Crippen LogP contribution in [0.1, 0.15) is 17.0 Å². The lowest BCUT2D eigenvalue weighted by Gasteiger charge is -2.09. The SMILES string of the molecule is Cc1ncn(-c2nccc(CN)c2Cl)c1C. The molecule has 84 valence electrons. The summed E-state index contributed by atoms with van der Waals surface area (Å²) in [6, 6.07) is 1.82. The van der Waals surface area contributed by atoms with Gasteiger partial charge in [0.05, 0.1) is 10.7 Å². The fourth-order valence-electron chi connectivity index (χ4n) is 1.51. The van der Waals surface area contributed by atoms with Crippen LogP contribution in [0, 0.1) is 13.8 Å². The zero-order valence-electron chi connectivity index (χ0n) is 9.24. The van der Waals surface area contributed by atoms with Crippen molar-refractivity contribution in [3.63, 3.8) is 0 Å². The Morgan fingerprint density at radius 3 is 2.69 bits per heavy atom. The maximum absolute atomic E-state index is 6.23. The summed E-state index contributed by atoms with van der Waals surface area (Å²) >= 11 is 6.23. The minimum atomic E-state index is 0.404. The van der Waals surface area contributed by atoms with Crippen LogP contribution in [0.2, 0.25) is 5.02 Å². The highest BCUT2D eigenvalue weighted by atomic mass is 35.5. The Hall–Kier alpha value is -1.39. The van der Waals surface area contributed by atoms with Gasteiger partial charge in [0, 0.05) is 18.4 Å². The van der Waals surface area contributed by atoms with Crippen LogP contribution in [-0.4, -0.2) is 14.5 Å². The number of imidazole rings is 1. The van der Waals surface area contributed by atoms with Gasteiger partial charge in [-0.05, 0) is 25.5 Å². The minimum absolute atomic E-state index is 0.404. The van der Waals surface area contributed by atoms with Gasteiger partial charge in [-0.25, -0.2) is 9.97 Å². The van der Waals surface area contributed by atoms with E-state index in [0.29, 0.717) is 17.4 Å². The van der Waals surface area contributed by atoms with Crippen molar-refractivity contribution in [1.82, 2.24) is 14.5 Å². The second kappa shape index (κ2) is 4.23. The lowest BCUT2D eigenvalue weighted by Crippen LogP contribution is -2.04. The van der Waals surface area contributed by atoms with E-state index in [4.69, 9.17) is 17.3 Å². The number of hydrogen-bond donors (Lipinski definition) is 1. The molecule has 16 heavy (non-hydrogen) atoms. The summed E-state index contributed by atoms with van der Waals surface area (Å²) in [5, 5.41) is 0.588. The van der Waals surface area contributed by atoms with E-state index in [1.165, 1.54) is 0 Å². The Morgan fingerprint density at radius 1 is 1.38 bits per heavy atom. The first-order valence-corrected chi connectivity index (χ1v) is 5.37. The monoisotopic (exact) mass is 236 g/mol. The van der Waals surface area contributed by atoms with Gasteiger partial charge in [-0.3, -0.25) is 4.57 Å². The average Bonchev–Trinajstić information content (AvgIpc) is 2.61. The number of pyridine rings is 1. The fourth-order valence-corrected chi connectivity index (χ4v) is 1.79. The van der Waals surface area contributed by atoms with Crippen molar-refractivity contribution in [2.24, 2.45) is 5.73 Å². The van der Waals surface area contributed by atoms with Gasteiger partial charge in [0.15, 0.2) is 5.82 Å². The van der Waals surface area contributed by atoms with Gasteiger partial charge in [-0.15, -0.1) is 0 Å². The van der Waals surface area contributed by atoms with Crippen LogP contribution in [-0.2, 0) is 6.54 Å². The highest BCUT2D eigenvalue weighted by Crippen LogP contribution is 2.23. The molecule has 0 aliphatic heterocycles. The summed E-state index contributed by atoms with van der Waals surface area (Å²) in [5.41, 5.74) is 8.49. The highest BCUT2D eigenvalue weighted by Gasteiger charge is 2.11. The largest absolute Gasteiger partial charge is 0.326 e. The highest BCUT2D eigenvalue weighted by molar-refractivity contribution is 6.32. The molecule has 4 nitrogen and oxygen atoms in total. The topological polar surface area (TPSA) is 56.7 Å². The zero-order chi connectivity index (χ0) is 11.7. The third-order valence-electron chi connectivity index (χ3n) is 2.65. The molecule has 0 fully saturated rings. The van der Waals surface area contributed by atoms with Crippen molar-refractivity contribution in [1.29, 1.82) is 0 Å². The van der Waals surface area contributed by atoms with Crippen LogP contribution in [0.15, 0.2) is 18.6 Å². The molecule has 0 aromatic carbocycles. The van der Waals surface area contributed by atoms with E-state index >= 15 is 0 Å². The number of aromatic nitrogens is 3.